The highest BCUT2D eigenvalue weighted by atomic mass is 19.1. The third kappa shape index (κ3) is 2.95. The van der Waals surface area contributed by atoms with Crippen LogP contribution in [0.4, 0.5) is 19.3 Å². The number of likely N-dealkylation sites (tertiary alicyclic amines) is 1. The number of hydrogen-bond donors (Lipinski definition) is 2. The van der Waals surface area contributed by atoms with Crippen LogP contribution in [0.25, 0.3) is 0 Å². The Hall–Kier alpha value is -2.18. The number of urea groups is 1. The minimum absolute atomic E-state index is 0.0554. The number of rotatable bonds is 2. The minimum atomic E-state index is -0.819. The number of carbonyl (C=O) groups is 2. The summed E-state index contributed by atoms with van der Waals surface area (Å²) in [6.07, 6.45) is 3.94. The van der Waals surface area contributed by atoms with Gasteiger partial charge >= 0.3 is 6.03 Å². The van der Waals surface area contributed by atoms with Crippen molar-refractivity contribution in [3.05, 3.63) is 29.8 Å². The Labute approximate surface area is 139 Å². The molecular formula is C17H21F2N3O2. The van der Waals surface area contributed by atoms with Gasteiger partial charge in [-0.2, -0.15) is 0 Å². The predicted molar refractivity (Wildman–Crippen MR) is 85.4 cm³/mol. The molecule has 1 spiro atoms. The fourth-order valence-electron chi connectivity index (χ4n) is 4.03. The highest BCUT2D eigenvalue weighted by molar-refractivity contribution is 5.91. The van der Waals surface area contributed by atoms with Crippen LogP contribution in [0.5, 0.6) is 0 Å². The zero-order valence-electron chi connectivity index (χ0n) is 13.6. The Morgan fingerprint density at radius 2 is 1.96 bits per heavy atom. The quantitative estimate of drug-likeness (QED) is 0.872. The number of halogens is 2. The largest absolute Gasteiger partial charge is 0.359 e. The lowest BCUT2D eigenvalue weighted by Gasteiger charge is -2.28. The molecule has 5 nitrogen and oxygen atoms in total. The summed E-state index contributed by atoms with van der Waals surface area (Å²) in [5.41, 5.74) is -0.246. The molecule has 7 heteroatoms. The smallest absolute Gasteiger partial charge is 0.321 e. The van der Waals surface area contributed by atoms with Crippen molar-refractivity contribution in [2.75, 3.05) is 25.5 Å². The molecule has 130 valence electrons. The zero-order chi connectivity index (χ0) is 17.3. The van der Waals surface area contributed by atoms with Gasteiger partial charge in [-0.25, -0.2) is 13.6 Å². The van der Waals surface area contributed by atoms with Gasteiger partial charge in [-0.05, 0) is 25.0 Å². The minimum Gasteiger partial charge on any atom is -0.359 e. The van der Waals surface area contributed by atoms with Crippen molar-refractivity contribution in [2.45, 2.75) is 25.7 Å². The van der Waals surface area contributed by atoms with Crippen molar-refractivity contribution >= 4 is 17.6 Å². The molecule has 1 aliphatic heterocycles. The van der Waals surface area contributed by atoms with E-state index in [4.69, 9.17) is 0 Å². The van der Waals surface area contributed by atoms with Crippen LogP contribution >= 0.6 is 0 Å². The molecule has 0 unspecified atom stereocenters. The number of nitrogens with zero attached hydrogens (tertiary/aromatic N) is 1. The van der Waals surface area contributed by atoms with Crippen LogP contribution in [-0.2, 0) is 4.79 Å². The third-order valence-corrected chi connectivity index (χ3v) is 5.27. The van der Waals surface area contributed by atoms with Crippen molar-refractivity contribution in [3.63, 3.8) is 0 Å². The second-order valence-corrected chi connectivity index (χ2v) is 6.67. The van der Waals surface area contributed by atoms with Gasteiger partial charge in [-0.1, -0.05) is 12.8 Å². The molecule has 0 bridgehead atoms. The molecule has 2 fully saturated rings. The Bertz CT molecular complexity index is 659. The second kappa shape index (κ2) is 6.37. The van der Waals surface area contributed by atoms with E-state index >= 15 is 0 Å². The van der Waals surface area contributed by atoms with Crippen molar-refractivity contribution in [1.82, 2.24) is 10.2 Å². The summed E-state index contributed by atoms with van der Waals surface area (Å²) in [5, 5.41) is 5.16. The molecule has 0 aromatic heterocycles. The first-order chi connectivity index (χ1) is 11.4. The molecule has 1 heterocycles. The van der Waals surface area contributed by atoms with E-state index in [2.05, 4.69) is 10.6 Å². The van der Waals surface area contributed by atoms with E-state index in [1.54, 1.807) is 11.9 Å². The molecule has 3 rings (SSSR count). The number of benzene rings is 1. The molecule has 3 amide bonds. The van der Waals surface area contributed by atoms with Gasteiger partial charge in [0.25, 0.3) is 0 Å². The first-order valence-corrected chi connectivity index (χ1v) is 8.18. The van der Waals surface area contributed by atoms with Crippen molar-refractivity contribution in [3.8, 4) is 0 Å². The van der Waals surface area contributed by atoms with Crippen LogP contribution < -0.4 is 10.6 Å². The van der Waals surface area contributed by atoms with Crippen molar-refractivity contribution < 1.29 is 18.4 Å². The van der Waals surface area contributed by atoms with E-state index in [0.29, 0.717) is 13.1 Å². The molecule has 1 saturated carbocycles. The van der Waals surface area contributed by atoms with E-state index in [9.17, 15) is 18.4 Å². The summed E-state index contributed by atoms with van der Waals surface area (Å²) < 4.78 is 26.7. The zero-order valence-corrected chi connectivity index (χ0v) is 13.6. The maximum atomic E-state index is 13.7. The van der Waals surface area contributed by atoms with Gasteiger partial charge in [0.15, 0.2) is 0 Å². The third-order valence-electron chi connectivity index (χ3n) is 5.27. The first kappa shape index (κ1) is 16.7. The molecule has 0 radical (unpaired) electrons. The molecule has 1 aromatic rings. The van der Waals surface area contributed by atoms with Crippen LogP contribution in [0.2, 0.25) is 0 Å². The van der Waals surface area contributed by atoms with Crippen LogP contribution in [0.15, 0.2) is 18.2 Å². The molecule has 1 atom stereocenters. The van der Waals surface area contributed by atoms with Crippen molar-refractivity contribution in [2.24, 2.45) is 11.3 Å². The van der Waals surface area contributed by atoms with Gasteiger partial charge in [-0.3, -0.25) is 4.79 Å². The predicted octanol–water partition coefficient (Wildman–Crippen LogP) is 2.73. The number of anilines is 1. The molecule has 1 aromatic carbocycles. The number of nitrogens with one attached hydrogen (secondary N) is 2. The van der Waals surface area contributed by atoms with E-state index in [1.807, 2.05) is 0 Å². The summed E-state index contributed by atoms with van der Waals surface area (Å²) in [6, 6.07) is 2.55. The summed E-state index contributed by atoms with van der Waals surface area (Å²) in [6.45, 7) is 0.800. The van der Waals surface area contributed by atoms with Gasteiger partial charge in [-0.15, -0.1) is 0 Å². The normalized spacial score (nSPS) is 22.0. The fraction of sp³-hybridized carbons (Fsp3) is 0.529. The van der Waals surface area contributed by atoms with E-state index < -0.39 is 17.7 Å². The Kier molecular flexibility index (Phi) is 4.43. The van der Waals surface area contributed by atoms with Crippen LogP contribution in [0.3, 0.4) is 0 Å². The monoisotopic (exact) mass is 337 g/mol. The Morgan fingerprint density at radius 3 is 2.58 bits per heavy atom. The number of hydrogen-bond acceptors (Lipinski definition) is 2. The summed E-state index contributed by atoms with van der Waals surface area (Å²) in [4.78, 5) is 26.3. The maximum Gasteiger partial charge on any atom is 0.321 e. The molecule has 24 heavy (non-hydrogen) atoms. The summed E-state index contributed by atoms with van der Waals surface area (Å²) in [5.74, 6) is -1.81. The van der Waals surface area contributed by atoms with Gasteiger partial charge in [0.05, 0.1) is 11.6 Å². The van der Waals surface area contributed by atoms with Crippen LogP contribution in [0.1, 0.15) is 25.7 Å². The van der Waals surface area contributed by atoms with E-state index in [1.165, 1.54) is 6.07 Å². The van der Waals surface area contributed by atoms with Gasteiger partial charge < -0.3 is 15.5 Å². The molecule has 2 aliphatic rings. The number of carbonyl (C=O) groups excluding carboxylic acids is 2. The first-order valence-electron chi connectivity index (χ1n) is 8.18. The molecule has 2 N–H and O–H groups in total. The SMILES string of the molecule is CNC(=O)[C@H]1CN(C(=O)Nc2ccc(F)cc2F)CC12CCCC2. The molecule has 1 aliphatic carbocycles. The van der Waals surface area contributed by atoms with Gasteiger partial charge in [0.2, 0.25) is 5.91 Å². The van der Waals surface area contributed by atoms with E-state index in [0.717, 1.165) is 37.8 Å². The highest BCUT2D eigenvalue weighted by Gasteiger charge is 2.52. The van der Waals surface area contributed by atoms with Gasteiger partial charge in [0.1, 0.15) is 11.6 Å². The average Bonchev–Trinajstić information content (AvgIpc) is 3.17. The highest BCUT2D eigenvalue weighted by Crippen LogP contribution is 2.49. The van der Waals surface area contributed by atoms with Gasteiger partial charge in [0, 0.05) is 31.6 Å². The van der Waals surface area contributed by atoms with E-state index in [-0.39, 0.29) is 22.9 Å². The van der Waals surface area contributed by atoms with Crippen LogP contribution in [-0.4, -0.2) is 37.0 Å². The lowest BCUT2D eigenvalue weighted by Crippen LogP contribution is -2.38. The van der Waals surface area contributed by atoms with Crippen LogP contribution in [0, 0.1) is 23.0 Å². The summed E-state index contributed by atoms with van der Waals surface area (Å²) >= 11 is 0. The average molecular weight is 337 g/mol. The Balaban J connectivity index is 1.75. The molecular weight excluding hydrogens is 316 g/mol. The lowest BCUT2D eigenvalue weighted by atomic mass is 9.76. The summed E-state index contributed by atoms with van der Waals surface area (Å²) in [7, 11) is 1.60. The molecule has 1 saturated heterocycles. The number of amides is 3. The van der Waals surface area contributed by atoms with Crippen molar-refractivity contribution in [1.29, 1.82) is 0 Å². The Morgan fingerprint density at radius 1 is 1.25 bits per heavy atom. The topological polar surface area (TPSA) is 61.4 Å². The standard InChI is InChI=1S/C17H21F2N3O2/c1-20-15(23)12-9-22(10-17(12)6-2-3-7-17)16(24)21-14-5-4-11(18)8-13(14)19/h4-5,8,12H,2-3,6-7,9-10H2,1H3,(H,20,23)(H,21,24)/t12-/m1/s1. The second-order valence-electron chi connectivity index (χ2n) is 6.67. The maximum absolute atomic E-state index is 13.7. The fourth-order valence-corrected chi connectivity index (χ4v) is 4.03. The lowest BCUT2D eigenvalue weighted by molar-refractivity contribution is -0.127.